The zero-order chi connectivity index (χ0) is 11.2. The summed E-state index contributed by atoms with van der Waals surface area (Å²) < 4.78 is 9.66. The van der Waals surface area contributed by atoms with Crippen LogP contribution in [0.3, 0.4) is 0 Å². The Morgan fingerprint density at radius 2 is 2.07 bits per heavy atom. The molecule has 0 aliphatic carbocycles. The maximum atomic E-state index is 11.1. The average molecular weight is 205 g/mol. The predicted octanol–water partition coefficient (Wildman–Crippen LogP) is 0.518. The highest BCUT2D eigenvalue weighted by molar-refractivity contribution is 5.67. The molecule has 0 bridgehead atoms. The number of rotatable bonds is 4. The molecule has 5 heteroatoms. The molecule has 0 fully saturated rings. The molecule has 0 aliphatic heterocycles. The molecule has 14 heavy (non-hydrogen) atoms. The molecule has 0 aromatic rings. The molecule has 2 N–H and O–H groups in total. The van der Waals surface area contributed by atoms with Crippen molar-refractivity contribution < 1.29 is 19.4 Å². The first kappa shape index (κ1) is 13.2. The molecule has 0 rings (SSSR count). The van der Waals surface area contributed by atoms with Crippen LogP contribution in [0, 0.1) is 0 Å². The largest absolute Gasteiger partial charge is 0.444 e. The van der Waals surface area contributed by atoms with Crippen molar-refractivity contribution in [2.75, 3.05) is 20.3 Å². The Labute approximate surface area is 84.4 Å². The molecular weight excluding hydrogens is 186 g/mol. The first-order valence-corrected chi connectivity index (χ1v) is 4.49. The summed E-state index contributed by atoms with van der Waals surface area (Å²) in [5.74, 6) is 0. The summed E-state index contributed by atoms with van der Waals surface area (Å²) >= 11 is 0. The Morgan fingerprint density at radius 1 is 1.50 bits per heavy atom. The van der Waals surface area contributed by atoms with Gasteiger partial charge in [0.2, 0.25) is 0 Å². The van der Waals surface area contributed by atoms with Gasteiger partial charge >= 0.3 is 6.09 Å². The summed E-state index contributed by atoms with van der Waals surface area (Å²) in [4.78, 5) is 11.1. The molecule has 1 amide bonds. The predicted molar refractivity (Wildman–Crippen MR) is 52.1 cm³/mol. The summed E-state index contributed by atoms with van der Waals surface area (Å²) in [5, 5.41) is 11.6. The normalized spacial score (nSPS) is 13.5. The van der Waals surface area contributed by atoms with Crippen LogP contribution in [0.1, 0.15) is 20.8 Å². The second-order valence-corrected chi connectivity index (χ2v) is 3.99. The van der Waals surface area contributed by atoms with Gasteiger partial charge in [0, 0.05) is 13.7 Å². The third-order valence-corrected chi connectivity index (χ3v) is 1.24. The van der Waals surface area contributed by atoms with Crippen LogP contribution in [0.15, 0.2) is 0 Å². The van der Waals surface area contributed by atoms with Crippen LogP contribution in [0.5, 0.6) is 0 Å². The molecule has 5 nitrogen and oxygen atoms in total. The molecule has 0 unspecified atom stereocenters. The Hall–Kier alpha value is -0.810. The number of methoxy groups -OCH3 is 1. The number of ether oxygens (including phenoxy) is 2. The van der Waals surface area contributed by atoms with Gasteiger partial charge in [-0.1, -0.05) is 0 Å². The first-order valence-electron chi connectivity index (χ1n) is 4.49. The van der Waals surface area contributed by atoms with Gasteiger partial charge in [0.25, 0.3) is 0 Å². The molecule has 0 aliphatic rings. The number of alkyl carbamates (subject to hydrolysis) is 1. The van der Waals surface area contributed by atoms with E-state index < -0.39 is 17.8 Å². The highest BCUT2D eigenvalue weighted by Crippen LogP contribution is 2.06. The van der Waals surface area contributed by atoms with Crippen molar-refractivity contribution in [2.45, 2.75) is 32.5 Å². The van der Waals surface area contributed by atoms with E-state index in [1.807, 2.05) is 0 Å². The van der Waals surface area contributed by atoms with Crippen LogP contribution >= 0.6 is 0 Å². The van der Waals surface area contributed by atoms with Gasteiger partial charge in [0.15, 0.2) is 0 Å². The van der Waals surface area contributed by atoms with Crippen LogP contribution in [0.2, 0.25) is 0 Å². The summed E-state index contributed by atoms with van der Waals surface area (Å²) in [7, 11) is 1.48. The fraction of sp³-hybridized carbons (Fsp3) is 0.889. The lowest BCUT2D eigenvalue weighted by molar-refractivity contribution is 0.0398. The average Bonchev–Trinajstić information content (AvgIpc) is 1.98. The summed E-state index contributed by atoms with van der Waals surface area (Å²) in [5.41, 5.74) is -0.518. The number of aliphatic hydroxyl groups is 1. The third-order valence-electron chi connectivity index (χ3n) is 1.24. The van der Waals surface area contributed by atoms with Crippen molar-refractivity contribution in [1.82, 2.24) is 5.32 Å². The van der Waals surface area contributed by atoms with Gasteiger partial charge in [0.05, 0.1) is 12.7 Å². The number of carbonyl (C=O) groups is 1. The minimum absolute atomic E-state index is 0.128. The SMILES string of the molecule is COC[C@H](O)CNC(=O)OC(C)(C)C. The van der Waals surface area contributed by atoms with Crippen LogP contribution in [-0.2, 0) is 9.47 Å². The van der Waals surface area contributed by atoms with Gasteiger partial charge in [-0.25, -0.2) is 4.79 Å². The number of aliphatic hydroxyl groups excluding tert-OH is 1. The van der Waals surface area contributed by atoms with E-state index in [9.17, 15) is 9.90 Å². The third kappa shape index (κ3) is 7.82. The molecule has 0 radical (unpaired) electrons. The summed E-state index contributed by atoms with van der Waals surface area (Å²) in [6.07, 6.45) is -1.24. The summed E-state index contributed by atoms with van der Waals surface area (Å²) in [6, 6.07) is 0. The quantitative estimate of drug-likeness (QED) is 0.702. The second-order valence-electron chi connectivity index (χ2n) is 3.99. The number of carbonyl (C=O) groups excluding carboxylic acids is 1. The van der Waals surface area contributed by atoms with Crippen LogP contribution < -0.4 is 5.32 Å². The van der Waals surface area contributed by atoms with E-state index >= 15 is 0 Å². The minimum atomic E-state index is -0.701. The van der Waals surface area contributed by atoms with Gasteiger partial charge in [-0.05, 0) is 20.8 Å². The Balaban J connectivity index is 3.64. The van der Waals surface area contributed by atoms with Crippen LogP contribution in [0.25, 0.3) is 0 Å². The Morgan fingerprint density at radius 3 is 2.50 bits per heavy atom. The monoisotopic (exact) mass is 205 g/mol. The molecule has 0 heterocycles. The van der Waals surface area contributed by atoms with Gasteiger partial charge < -0.3 is 19.9 Å². The lowest BCUT2D eigenvalue weighted by Gasteiger charge is -2.20. The Kier molecular flexibility index (Phi) is 5.49. The van der Waals surface area contributed by atoms with E-state index in [4.69, 9.17) is 9.47 Å². The smallest absolute Gasteiger partial charge is 0.407 e. The van der Waals surface area contributed by atoms with E-state index in [-0.39, 0.29) is 13.2 Å². The zero-order valence-electron chi connectivity index (χ0n) is 9.16. The molecule has 0 spiro atoms. The number of nitrogens with one attached hydrogen (secondary N) is 1. The molecule has 0 saturated carbocycles. The molecule has 0 aromatic heterocycles. The molecule has 84 valence electrons. The van der Waals surface area contributed by atoms with E-state index in [0.29, 0.717) is 0 Å². The molecule has 0 saturated heterocycles. The van der Waals surface area contributed by atoms with Crippen LogP contribution in [-0.4, -0.2) is 43.2 Å². The number of amides is 1. The maximum absolute atomic E-state index is 11.1. The van der Waals surface area contributed by atoms with Crippen molar-refractivity contribution in [2.24, 2.45) is 0 Å². The van der Waals surface area contributed by atoms with E-state index in [2.05, 4.69) is 5.32 Å². The number of hydrogen-bond acceptors (Lipinski definition) is 4. The lowest BCUT2D eigenvalue weighted by atomic mass is 10.2. The van der Waals surface area contributed by atoms with Crippen molar-refractivity contribution in [1.29, 1.82) is 0 Å². The highest BCUT2D eigenvalue weighted by Gasteiger charge is 2.16. The van der Waals surface area contributed by atoms with Gasteiger partial charge in [-0.15, -0.1) is 0 Å². The first-order chi connectivity index (χ1) is 6.35. The fourth-order valence-corrected chi connectivity index (χ4v) is 0.767. The second kappa shape index (κ2) is 5.82. The van der Waals surface area contributed by atoms with Crippen molar-refractivity contribution >= 4 is 6.09 Å². The van der Waals surface area contributed by atoms with Crippen molar-refractivity contribution in [3.05, 3.63) is 0 Å². The van der Waals surface area contributed by atoms with Crippen molar-refractivity contribution in [3.8, 4) is 0 Å². The van der Waals surface area contributed by atoms with Crippen molar-refractivity contribution in [3.63, 3.8) is 0 Å². The van der Waals surface area contributed by atoms with Gasteiger partial charge in [-0.3, -0.25) is 0 Å². The zero-order valence-corrected chi connectivity index (χ0v) is 9.16. The van der Waals surface area contributed by atoms with E-state index in [0.717, 1.165) is 0 Å². The van der Waals surface area contributed by atoms with Crippen LogP contribution in [0.4, 0.5) is 4.79 Å². The summed E-state index contributed by atoms with van der Waals surface area (Å²) in [6.45, 7) is 5.65. The van der Waals surface area contributed by atoms with E-state index in [1.54, 1.807) is 20.8 Å². The van der Waals surface area contributed by atoms with E-state index in [1.165, 1.54) is 7.11 Å². The van der Waals surface area contributed by atoms with Gasteiger partial charge in [-0.2, -0.15) is 0 Å². The lowest BCUT2D eigenvalue weighted by Crippen LogP contribution is -2.38. The minimum Gasteiger partial charge on any atom is -0.444 e. The topological polar surface area (TPSA) is 67.8 Å². The maximum Gasteiger partial charge on any atom is 0.407 e. The molecular formula is C9H19NO4. The molecule has 1 atom stereocenters. The Bertz CT molecular complexity index is 176. The number of hydrogen-bond donors (Lipinski definition) is 2. The molecule has 0 aromatic carbocycles. The fourth-order valence-electron chi connectivity index (χ4n) is 0.767. The standard InChI is InChI=1S/C9H19NO4/c1-9(2,3)14-8(12)10-5-7(11)6-13-4/h7,11H,5-6H2,1-4H3,(H,10,12)/t7-/m1/s1. The highest BCUT2D eigenvalue weighted by atomic mass is 16.6. The van der Waals surface area contributed by atoms with Gasteiger partial charge in [0.1, 0.15) is 5.60 Å².